The topological polar surface area (TPSA) is 115 Å². The summed E-state index contributed by atoms with van der Waals surface area (Å²) in [5.74, 6) is -4.10. The number of halogens is 4. The fourth-order valence-electron chi connectivity index (χ4n) is 4.59. The maximum absolute atomic E-state index is 15.2. The third-order valence-corrected chi connectivity index (χ3v) is 6.57. The van der Waals surface area contributed by atoms with Gasteiger partial charge in [0.2, 0.25) is 5.95 Å². The molecule has 0 amide bonds. The summed E-state index contributed by atoms with van der Waals surface area (Å²) >= 11 is 6.32. The molecule has 0 aliphatic carbocycles. The number of nitrogens with zero attached hydrogens (tertiary/aromatic N) is 4. The van der Waals surface area contributed by atoms with Crippen molar-refractivity contribution in [3.63, 3.8) is 0 Å². The molecule has 2 aliphatic rings. The first kappa shape index (κ1) is 25.2. The third-order valence-electron chi connectivity index (χ3n) is 6.29. The maximum Gasteiger partial charge on any atom is 0.298 e. The molecule has 0 saturated carbocycles. The lowest BCUT2D eigenvalue weighted by Crippen LogP contribution is -2.61. The van der Waals surface area contributed by atoms with Crippen LogP contribution in [0, 0.1) is 5.82 Å². The van der Waals surface area contributed by atoms with Gasteiger partial charge in [0.25, 0.3) is 5.92 Å². The highest BCUT2D eigenvalue weighted by Gasteiger charge is 2.62. The molecule has 2 fully saturated rings. The van der Waals surface area contributed by atoms with Crippen LogP contribution in [0.1, 0.15) is 39.6 Å². The lowest BCUT2D eigenvalue weighted by atomic mass is 9.97. The minimum absolute atomic E-state index is 0.0558. The number of anilines is 1. The molecule has 2 aromatic heterocycles. The number of nitrogens with one attached hydrogen (secondary N) is 1. The summed E-state index contributed by atoms with van der Waals surface area (Å²) in [5, 5.41) is 23.5. The van der Waals surface area contributed by atoms with Gasteiger partial charge < -0.3 is 29.6 Å². The maximum atomic E-state index is 15.2. The number of aliphatic hydroxyl groups excluding tert-OH is 1. The van der Waals surface area contributed by atoms with Gasteiger partial charge in [-0.25, -0.2) is 28.1 Å². The highest BCUT2D eigenvalue weighted by molar-refractivity contribution is 6.33. The predicted octanol–water partition coefficient (Wildman–Crippen LogP) is 3.63. The Kier molecular flexibility index (Phi) is 5.95. The lowest BCUT2D eigenvalue weighted by molar-refractivity contribution is -0.236. The van der Waals surface area contributed by atoms with Crippen molar-refractivity contribution in [1.82, 2.24) is 19.5 Å². The molecule has 3 aromatic rings. The van der Waals surface area contributed by atoms with Crippen LogP contribution < -0.4 is 5.32 Å². The summed E-state index contributed by atoms with van der Waals surface area (Å²) in [6.07, 6.45) is -3.20. The first-order valence-corrected chi connectivity index (χ1v) is 11.7. The van der Waals surface area contributed by atoms with E-state index < -0.39 is 41.9 Å². The fraction of sp³-hybridized carbons (Fsp3) is 0.522. The van der Waals surface area contributed by atoms with Crippen molar-refractivity contribution in [3.05, 3.63) is 35.0 Å². The molecule has 9 nitrogen and oxygen atoms in total. The molecule has 2 bridgehead atoms. The summed E-state index contributed by atoms with van der Waals surface area (Å²) in [6, 6.07) is 0.843. The molecule has 1 unspecified atom stereocenters. The van der Waals surface area contributed by atoms with Gasteiger partial charge in [-0.3, -0.25) is 0 Å². The number of fused-ring (bicyclic) bond motifs is 3. The molecule has 5 rings (SSSR count). The normalized spacial score (nSPS) is 25.6. The number of hydrogen-bond acceptors (Lipinski definition) is 8. The second-order valence-electron chi connectivity index (χ2n) is 9.79. The zero-order chi connectivity index (χ0) is 26.2. The van der Waals surface area contributed by atoms with Crippen molar-refractivity contribution >= 4 is 28.6 Å². The fourth-order valence-corrected chi connectivity index (χ4v) is 4.79. The summed E-state index contributed by atoms with van der Waals surface area (Å²) in [5.41, 5.74) is -0.532. The largest absolute Gasteiger partial charge is 0.385 e. The molecule has 3 N–H and O–H groups in total. The van der Waals surface area contributed by atoms with E-state index >= 15 is 4.39 Å². The number of rotatable bonds is 5. The number of aromatic nitrogens is 4. The molecule has 36 heavy (non-hydrogen) atoms. The van der Waals surface area contributed by atoms with Crippen molar-refractivity contribution in [2.45, 2.75) is 69.8 Å². The number of benzene rings is 1. The molecular weight excluding hydrogens is 503 g/mol. The van der Waals surface area contributed by atoms with Crippen molar-refractivity contribution in [3.8, 4) is 11.3 Å². The summed E-state index contributed by atoms with van der Waals surface area (Å²) in [4.78, 5) is 12.6. The SMILES string of the molecule is CC(C)n1c(C(C)(C)O)nc2c(F)cc(-c3nc(NC4[C@H](O)[C@@H]5OC[C@@H](O5)C4(F)F)ncc3Cl)cc21. The minimum atomic E-state index is -3.47. The molecular formula is C23H25ClF3N5O4. The third kappa shape index (κ3) is 4.01. The monoisotopic (exact) mass is 527 g/mol. The Morgan fingerprint density at radius 2 is 2.00 bits per heavy atom. The van der Waals surface area contributed by atoms with E-state index in [4.69, 9.17) is 21.1 Å². The van der Waals surface area contributed by atoms with Crippen LogP contribution in [0.15, 0.2) is 18.3 Å². The highest BCUT2D eigenvalue weighted by Crippen LogP contribution is 2.41. The number of aliphatic hydroxyl groups is 2. The van der Waals surface area contributed by atoms with Crippen LogP contribution in [0.25, 0.3) is 22.3 Å². The Labute approximate surface area is 209 Å². The average molecular weight is 528 g/mol. The van der Waals surface area contributed by atoms with E-state index in [2.05, 4.69) is 20.3 Å². The summed E-state index contributed by atoms with van der Waals surface area (Å²) in [7, 11) is 0. The van der Waals surface area contributed by atoms with Gasteiger partial charge in [-0.15, -0.1) is 0 Å². The first-order chi connectivity index (χ1) is 16.8. The van der Waals surface area contributed by atoms with Crippen LogP contribution in [0.4, 0.5) is 19.1 Å². The summed E-state index contributed by atoms with van der Waals surface area (Å²) < 4.78 is 56.8. The van der Waals surface area contributed by atoms with E-state index in [-0.39, 0.29) is 46.2 Å². The van der Waals surface area contributed by atoms with E-state index in [9.17, 15) is 19.0 Å². The second-order valence-corrected chi connectivity index (χ2v) is 10.2. The number of imidazole rings is 1. The van der Waals surface area contributed by atoms with Crippen molar-refractivity contribution < 1.29 is 32.9 Å². The van der Waals surface area contributed by atoms with E-state index in [0.717, 1.165) is 0 Å². The highest BCUT2D eigenvalue weighted by atomic mass is 35.5. The Hall–Kier alpha value is -2.51. The van der Waals surface area contributed by atoms with Gasteiger partial charge in [0.05, 0.1) is 29.0 Å². The van der Waals surface area contributed by atoms with Crippen molar-refractivity contribution in [2.75, 3.05) is 11.9 Å². The van der Waals surface area contributed by atoms with E-state index in [1.54, 1.807) is 24.5 Å². The molecule has 0 spiro atoms. The van der Waals surface area contributed by atoms with Crippen LogP contribution in [0.3, 0.4) is 0 Å². The molecule has 2 aliphatic heterocycles. The predicted molar refractivity (Wildman–Crippen MR) is 124 cm³/mol. The van der Waals surface area contributed by atoms with Crippen LogP contribution >= 0.6 is 11.6 Å². The van der Waals surface area contributed by atoms with Crippen LogP contribution in [0.5, 0.6) is 0 Å². The van der Waals surface area contributed by atoms with Gasteiger partial charge in [-0.05, 0) is 39.8 Å². The first-order valence-electron chi connectivity index (χ1n) is 11.4. The molecule has 194 valence electrons. The Balaban J connectivity index is 1.57. The molecule has 2 saturated heterocycles. The van der Waals surface area contributed by atoms with Crippen LogP contribution in [-0.4, -0.2) is 66.8 Å². The molecule has 0 radical (unpaired) electrons. The van der Waals surface area contributed by atoms with Gasteiger partial charge >= 0.3 is 0 Å². The molecule has 1 aromatic carbocycles. The second kappa shape index (κ2) is 8.52. The molecule has 4 heterocycles. The quantitative estimate of drug-likeness (QED) is 0.461. The average Bonchev–Trinajstić information content (AvgIpc) is 3.41. The van der Waals surface area contributed by atoms with E-state index in [1.165, 1.54) is 12.3 Å². The van der Waals surface area contributed by atoms with Gasteiger partial charge in [0, 0.05) is 11.6 Å². The number of alkyl halides is 2. The number of hydrogen-bond donors (Lipinski definition) is 3. The van der Waals surface area contributed by atoms with Crippen molar-refractivity contribution in [1.29, 1.82) is 0 Å². The minimum Gasteiger partial charge on any atom is -0.385 e. The van der Waals surface area contributed by atoms with Crippen LogP contribution in [0.2, 0.25) is 5.02 Å². The Morgan fingerprint density at radius 3 is 2.67 bits per heavy atom. The van der Waals surface area contributed by atoms with E-state index in [0.29, 0.717) is 5.52 Å². The zero-order valence-corrected chi connectivity index (χ0v) is 20.6. The summed E-state index contributed by atoms with van der Waals surface area (Å²) in [6.45, 7) is 6.51. The Bertz CT molecular complexity index is 1330. The lowest BCUT2D eigenvalue weighted by Gasteiger charge is -2.38. The van der Waals surface area contributed by atoms with Gasteiger partial charge in [0.15, 0.2) is 12.1 Å². The standard InChI is InChI=1S/C23H25ClF3N5O4/c1-9(2)32-13-6-10(5-12(25)16(13)29-20(32)22(3,4)34)15-11(24)7-28-21(30-15)31-18-17(33)19-35-8-14(36-19)23(18,26)27/h5-7,9,14,17-19,33-34H,8H2,1-4H3,(H,28,30,31)/t14-,17+,18?,19-/m1/s1. The molecule has 13 heteroatoms. The van der Waals surface area contributed by atoms with Crippen molar-refractivity contribution in [2.24, 2.45) is 0 Å². The van der Waals surface area contributed by atoms with Gasteiger partial charge in [0.1, 0.15) is 35.2 Å². The smallest absolute Gasteiger partial charge is 0.298 e. The number of ether oxygens (including phenoxy) is 2. The van der Waals surface area contributed by atoms with Crippen LogP contribution in [-0.2, 0) is 15.1 Å². The zero-order valence-electron chi connectivity index (χ0n) is 19.8. The van der Waals surface area contributed by atoms with E-state index in [1.807, 2.05) is 13.8 Å². The molecule has 4 atom stereocenters. The Morgan fingerprint density at radius 1 is 1.28 bits per heavy atom. The van der Waals surface area contributed by atoms with Gasteiger partial charge in [-0.1, -0.05) is 11.6 Å². The van der Waals surface area contributed by atoms with Gasteiger partial charge in [-0.2, -0.15) is 0 Å².